The van der Waals surface area contributed by atoms with Crippen molar-refractivity contribution in [3.8, 4) is 0 Å². The molecule has 5 nitrogen and oxygen atoms in total. The van der Waals surface area contributed by atoms with Crippen molar-refractivity contribution in [1.29, 1.82) is 0 Å². The summed E-state index contributed by atoms with van der Waals surface area (Å²) < 4.78 is 14.5. The molecule has 1 aromatic carbocycles. The van der Waals surface area contributed by atoms with Crippen molar-refractivity contribution in [2.24, 2.45) is 0 Å². The van der Waals surface area contributed by atoms with Gasteiger partial charge < -0.3 is 4.90 Å². The van der Waals surface area contributed by atoms with Crippen molar-refractivity contribution in [3.63, 3.8) is 0 Å². The molecule has 0 aromatic heterocycles. The number of fused-ring (bicyclic) bond motifs is 1. The van der Waals surface area contributed by atoms with Crippen LogP contribution < -0.4 is 5.32 Å². The third kappa shape index (κ3) is 2.32. The number of hydrogen-bond acceptors (Lipinski definition) is 3. The van der Waals surface area contributed by atoms with Crippen LogP contribution in [0.1, 0.15) is 65.9 Å². The highest BCUT2D eigenvalue weighted by Gasteiger charge is 2.41. The molecule has 1 unspecified atom stereocenters. The molecule has 0 radical (unpaired) electrons. The fourth-order valence-electron chi connectivity index (χ4n) is 4.29. The molecular formula is C18H19FN2O3. The van der Waals surface area contributed by atoms with Gasteiger partial charge >= 0.3 is 0 Å². The highest BCUT2D eigenvalue weighted by atomic mass is 19.1. The van der Waals surface area contributed by atoms with E-state index in [1.165, 1.54) is 17.0 Å². The molecule has 1 saturated carbocycles. The lowest BCUT2D eigenvalue weighted by Gasteiger charge is -2.29. The highest BCUT2D eigenvalue weighted by Crippen LogP contribution is 2.41. The number of amides is 3. The van der Waals surface area contributed by atoms with E-state index in [1.807, 2.05) is 0 Å². The van der Waals surface area contributed by atoms with Crippen LogP contribution in [0.2, 0.25) is 0 Å². The Morgan fingerprint density at radius 2 is 1.83 bits per heavy atom. The molecule has 24 heavy (non-hydrogen) atoms. The Morgan fingerprint density at radius 1 is 1.08 bits per heavy atom. The molecule has 1 aliphatic carbocycles. The van der Waals surface area contributed by atoms with Crippen molar-refractivity contribution < 1.29 is 18.8 Å². The monoisotopic (exact) mass is 330 g/mol. The molecule has 2 fully saturated rings. The van der Waals surface area contributed by atoms with Crippen LogP contribution in [0.5, 0.6) is 0 Å². The average Bonchev–Trinajstić information content (AvgIpc) is 3.16. The number of piperidine rings is 1. The fraction of sp³-hybridized carbons (Fsp3) is 0.500. The SMILES string of the molecule is O=C1CCC(N2Cc3c(ccc(F)c3C3CCCC3)C2=O)C(=O)N1. The van der Waals surface area contributed by atoms with Gasteiger partial charge in [0.1, 0.15) is 11.9 Å². The lowest BCUT2D eigenvalue weighted by molar-refractivity contribution is -0.136. The summed E-state index contributed by atoms with van der Waals surface area (Å²) in [5.74, 6) is -1.07. The van der Waals surface area contributed by atoms with Crippen LogP contribution >= 0.6 is 0 Å². The van der Waals surface area contributed by atoms with E-state index < -0.39 is 11.9 Å². The molecule has 1 aromatic rings. The van der Waals surface area contributed by atoms with Crippen molar-refractivity contribution in [2.45, 2.75) is 57.0 Å². The normalized spacial score (nSPS) is 24.5. The number of benzene rings is 1. The first-order valence-corrected chi connectivity index (χ1v) is 8.52. The van der Waals surface area contributed by atoms with Crippen LogP contribution in [-0.2, 0) is 16.1 Å². The van der Waals surface area contributed by atoms with Crippen molar-refractivity contribution >= 4 is 17.7 Å². The van der Waals surface area contributed by atoms with Crippen LogP contribution in [0, 0.1) is 5.82 Å². The number of rotatable bonds is 2. The number of hydrogen-bond donors (Lipinski definition) is 1. The molecule has 6 heteroatoms. The summed E-state index contributed by atoms with van der Waals surface area (Å²) in [5, 5.41) is 2.29. The fourth-order valence-corrected chi connectivity index (χ4v) is 4.29. The Hall–Kier alpha value is -2.24. The van der Waals surface area contributed by atoms with Gasteiger partial charge in [-0.1, -0.05) is 12.8 Å². The number of nitrogens with zero attached hydrogens (tertiary/aromatic N) is 1. The first-order valence-electron chi connectivity index (χ1n) is 8.52. The molecule has 0 bridgehead atoms. The second kappa shape index (κ2) is 5.69. The lowest BCUT2D eigenvalue weighted by Crippen LogP contribution is -2.52. The summed E-state index contributed by atoms with van der Waals surface area (Å²) >= 11 is 0. The summed E-state index contributed by atoms with van der Waals surface area (Å²) in [6.07, 6.45) is 4.60. The predicted molar refractivity (Wildman–Crippen MR) is 83.7 cm³/mol. The Morgan fingerprint density at radius 3 is 2.54 bits per heavy atom. The summed E-state index contributed by atoms with van der Waals surface area (Å²) in [4.78, 5) is 37.6. The van der Waals surface area contributed by atoms with Gasteiger partial charge in [0, 0.05) is 18.5 Å². The van der Waals surface area contributed by atoms with Gasteiger partial charge in [-0.05, 0) is 48.4 Å². The first-order chi connectivity index (χ1) is 11.6. The minimum absolute atomic E-state index is 0.162. The predicted octanol–water partition coefficient (Wildman–Crippen LogP) is 2.24. The minimum atomic E-state index is -0.651. The summed E-state index contributed by atoms with van der Waals surface area (Å²) in [6.45, 7) is 0.254. The molecule has 4 rings (SSSR count). The van der Waals surface area contributed by atoms with Crippen LogP contribution in [-0.4, -0.2) is 28.7 Å². The summed E-state index contributed by atoms with van der Waals surface area (Å²) in [5.41, 5.74) is 1.90. The molecule has 2 heterocycles. The minimum Gasteiger partial charge on any atom is -0.322 e. The topological polar surface area (TPSA) is 66.5 Å². The standard InChI is InChI=1S/C18H19FN2O3/c19-13-6-5-11-12(16(13)10-3-1-2-4-10)9-21(18(11)24)14-7-8-15(22)20-17(14)23/h5-6,10,14H,1-4,7-9H2,(H,20,22,23). The van der Waals surface area contributed by atoms with E-state index in [1.54, 1.807) is 0 Å². The van der Waals surface area contributed by atoms with Crippen molar-refractivity contribution in [1.82, 2.24) is 10.2 Å². The summed E-state index contributed by atoms with van der Waals surface area (Å²) in [6, 6.07) is 2.25. The largest absolute Gasteiger partial charge is 0.322 e. The van der Waals surface area contributed by atoms with E-state index in [0.29, 0.717) is 17.5 Å². The first kappa shape index (κ1) is 15.3. The molecule has 3 amide bonds. The number of halogens is 1. The van der Waals surface area contributed by atoms with E-state index in [9.17, 15) is 18.8 Å². The van der Waals surface area contributed by atoms with Crippen LogP contribution in [0.25, 0.3) is 0 Å². The number of carbonyl (C=O) groups is 3. The molecule has 1 atom stereocenters. The molecule has 3 aliphatic rings. The summed E-state index contributed by atoms with van der Waals surface area (Å²) in [7, 11) is 0. The van der Waals surface area contributed by atoms with E-state index in [-0.39, 0.29) is 36.5 Å². The molecule has 126 valence electrons. The van der Waals surface area contributed by atoms with Gasteiger partial charge in [0.25, 0.3) is 5.91 Å². The van der Waals surface area contributed by atoms with Gasteiger partial charge in [-0.2, -0.15) is 0 Å². The zero-order valence-corrected chi connectivity index (χ0v) is 13.3. The zero-order valence-electron chi connectivity index (χ0n) is 13.3. The van der Waals surface area contributed by atoms with Crippen molar-refractivity contribution in [2.75, 3.05) is 0 Å². The van der Waals surface area contributed by atoms with Gasteiger partial charge in [0.15, 0.2) is 0 Å². The Kier molecular flexibility index (Phi) is 3.62. The number of nitrogens with one attached hydrogen (secondary N) is 1. The molecule has 1 N–H and O–H groups in total. The molecule has 1 saturated heterocycles. The Balaban J connectivity index is 1.68. The zero-order chi connectivity index (χ0) is 16.8. The van der Waals surface area contributed by atoms with Crippen molar-refractivity contribution in [3.05, 3.63) is 34.6 Å². The Bertz CT molecular complexity index is 740. The van der Waals surface area contributed by atoms with Crippen LogP contribution in [0.4, 0.5) is 4.39 Å². The third-order valence-corrected chi connectivity index (χ3v) is 5.47. The quantitative estimate of drug-likeness (QED) is 0.846. The van der Waals surface area contributed by atoms with Gasteiger partial charge in [-0.15, -0.1) is 0 Å². The second-order valence-corrected chi connectivity index (χ2v) is 6.87. The van der Waals surface area contributed by atoms with E-state index in [0.717, 1.165) is 31.2 Å². The smallest absolute Gasteiger partial charge is 0.255 e. The maximum atomic E-state index is 14.5. The van der Waals surface area contributed by atoms with E-state index >= 15 is 0 Å². The lowest BCUT2D eigenvalue weighted by atomic mass is 9.90. The highest BCUT2D eigenvalue weighted by molar-refractivity contribution is 6.05. The second-order valence-electron chi connectivity index (χ2n) is 6.87. The van der Waals surface area contributed by atoms with Gasteiger partial charge in [-0.3, -0.25) is 19.7 Å². The van der Waals surface area contributed by atoms with Crippen LogP contribution in [0.15, 0.2) is 12.1 Å². The van der Waals surface area contributed by atoms with E-state index in [4.69, 9.17) is 0 Å². The van der Waals surface area contributed by atoms with Crippen LogP contribution in [0.3, 0.4) is 0 Å². The molecule has 2 aliphatic heterocycles. The average molecular weight is 330 g/mol. The van der Waals surface area contributed by atoms with Gasteiger partial charge in [0.2, 0.25) is 11.8 Å². The Labute approximate surface area is 139 Å². The molecule has 0 spiro atoms. The van der Waals surface area contributed by atoms with Gasteiger partial charge in [0.05, 0.1) is 0 Å². The van der Waals surface area contributed by atoms with Gasteiger partial charge in [-0.25, -0.2) is 4.39 Å². The maximum absolute atomic E-state index is 14.5. The number of imide groups is 1. The van der Waals surface area contributed by atoms with E-state index in [2.05, 4.69) is 5.32 Å². The maximum Gasteiger partial charge on any atom is 0.255 e. The molecular weight excluding hydrogens is 311 g/mol. The number of carbonyl (C=O) groups excluding carboxylic acids is 3. The third-order valence-electron chi connectivity index (χ3n) is 5.47.